The number of piperidine rings is 1. The van der Waals surface area contributed by atoms with Gasteiger partial charge in [-0.05, 0) is 71.0 Å². The van der Waals surface area contributed by atoms with Gasteiger partial charge in [-0.1, -0.05) is 130 Å². The molecule has 0 saturated carbocycles. The summed E-state index contributed by atoms with van der Waals surface area (Å²) in [6, 6.07) is 0. The van der Waals surface area contributed by atoms with E-state index in [0.29, 0.717) is 24.0 Å². The quantitative estimate of drug-likeness (QED) is 0.0685. The summed E-state index contributed by atoms with van der Waals surface area (Å²) < 4.78 is 5.94. The van der Waals surface area contributed by atoms with Gasteiger partial charge in [0.2, 0.25) is 0 Å². The SMILES string of the molecule is CCCCCCCCCC(CCCCCCC(=O)OC(CCCCC)CCCCCC)CC(=O)C1CCN(C)CC1. The minimum Gasteiger partial charge on any atom is -0.462 e. The lowest BCUT2D eigenvalue weighted by Crippen LogP contribution is -2.34. The smallest absolute Gasteiger partial charge is 0.306 e. The maximum Gasteiger partial charge on any atom is 0.306 e. The van der Waals surface area contributed by atoms with Gasteiger partial charge in [0.25, 0.3) is 0 Å². The minimum atomic E-state index is 0.0162. The van der Waals surface area contributed by atoms with Gasteiger partial charge in [-0.2, -0.15) is 0 Å². The second-order valence-corrected chi connectivity index (χ2v) is 13.4. The number of nitrogens with zero attached hydrogens (tertiary/aromatic N) is 1. The number of rotatable bonds is 28. The summed E-state index contributed by atoms with van der Waals surface area (Å²) in [5.74, 6) is 1.41. The van der Waals surface area contributed by atoms with Crippen molar-refractivity contribution in [2.24, 2.45) is 11.8 Å². The van der Waals surface area contributed by atoms with Crippen LogP contribution in [-0.4, -0.2) is 42.9 Å². The number of hydrogen-bond donors (Lipinski definition) is 0. The Kier molecular flexibility index (Phi) is 24.8. The van der Waals surface area contributed by atoms with Crippen molar-refractivity contribution in [2.75, 3.05) is 20.1 Å². The molecule has 1 heterocycles. The first-order valence-corrected chi connectivity index (χ1v) is 18.4. The molecule has 0 aromatic carbocycles. The van der Waals surface area contributed by atoms with Gasteiger partial charge < -0.3 is 9.64 Å². The molecule has 0 aromatic heterocycles. The number of ketones is 1. The highest BCUT2D eigenvalue weighted by molar-refractivity contribution is 5.81. The summed E-state index contributed by atoms with van der Waals surface area (Å²) in [5.41, 5.74) is 0. The van der Waals surface area contributed by atoms with Crippen molar-refractivity contribution in [3.05, 3.63) is 0 Å². The number of esters is 1. The molecule has 1 saturated heterocycles. The molecular formula is C37H71NO3. The third-order valence-electron chi connectivity index (χ3n) is 9.43. The molecule has 0 amide bonds. The van der Waals surface area contributed by atoms with Gasteiger partial charge in [-0.3, -0.25) is 9.59 Å². The van der Waals surface area contributed by atoms with Gasteiger partial charge in [-0.25, -0.2) is 0 Å². The molecule has 0 radical (unpaired) electrons. The van der Waals surface area contributed by atoms with Crippen LogP contribution in [0.2, 0.25) is 0 Å². The summed E-state index contributed by atoms with van der Waals surface area (Å²) in [6.07, 6.45) is 30.4. The van der Waals surface area contributed by atoms with Crippen LogP contribution in [0.1, 0.15) is 188 Å². The highest BCUT2D eigenvalue weighted by Crippen LogP contribution is 2.27. The molecule has 0 spiro atoms. The lowest BCUT2D eigenvalue weighted by Gasteiger charge is -2.29. The van der Waals surface area contributed by atoms with Crippen molar-refractivity contribution in [1.82, 2.24) is 4.90 Å². The van der Waals surface area contributed by atoms with Crippen molar-refractivity contribution in [3.8, 4) is 0 Å². The Labute approximate surface area is 256 Å². The minimum absolute atomic E-state index is 0.0162. The van der Waals surface area contributed by atoms with E-state index >= 15 is 0 Å². The third-order valence-corrected chi connectivity index (χ3v) is 9.43. The van der Waals surface area contributed by atoms with Crippen LogP contribution in [0, 0.1) is 11.8 Å². The van der Waals surface area contributed by atoms with Gasteiger partial charge in [0.1, 0.15) is 11.9 Å². The molecule has 0 bridgehead atoms. The van der Waals surface area contributed by atoms with Gasteiger partial charge in [0.05, 0.1) is 0 Å². The summed E-state index contributed by atoms with van der Waals surface area (Å²) in [4.78, 5) is 28.1. The van der Waals surface area contributed by atoms with Crippen LogP contribution in [-0.2, 0) is 14.3 Å². The van der Waals surface area contributed by atoms with Crippen molar-refractivity contribution >= 4 is 11.8 Å². The van der Waals surface area contributed by atoms with E-state index in [2.05, 4.69) is 32.7 Å². The molecule has 0 N–H and O–H groups in total. The molecule has 1 aliphatic rings. The molecule has 2 atom stereocenters. The summed E-state index contributed by atoms with van der Waals surface area (Å²) in [6.45, 7) is 8.89. The number of Topliss-reactive ketones (excluding diaryl/α,β-unsaturated/α-hetero) is 1. The van der Waals surface area contributed by atoms with Crippen molar-refractivity contribution in [3.63, 3.8) is 0 Å². The van der Waals surface area contributed by atoms with E-state index in [0.717, 1.165) is 58.0 Å². The number of ether oxygens (including phenoxy) is 1. The Morgan fingerprint density at radius 3 is 1.66 bits per heavy atom. The van der Waals surface area contributed by atoms with E-state index in [9.17, 15) is 9.59 Å². The van der Waals surface area contributed by atoms with Gasteiger partial charge in [-0.15, -0.1) is 0 Å². The normalized spacial score (nSPS) is 16.1. The molecular weight excluding hydrogens is 506 g/mol. The predicted octanol–water partition coefficient (Wildman–Crippen LogP) is 10.8. The van der Waals surface area contributed by atoms with Crippen molar-refractivity contribution in [2.45, 2.75) is 194 Å². The maximum absolute atomic E-state index is 13.1. The lowest BCUT2D eigenvalue weighted by molar-refractivity contribution is -0.150. The van der Waals surface area contributed by atoms with E-state index in [1.807, 2.05) is 0 Å². The van der Waals surface area contributed by atoms with Crippen LogP contribution >= 0.6 is 0 Å². The van der Waals surface area contributed by atoms with Crippen LogP contribution < -0.4 is 0 Å². The fourth-order valence-electron chi connectivity index (χ4n) is 6.50. The number of carbonyl (C=O) groups excluding carboxylic acids is 2. The zero-order chi connectivity index (χ0) is 30.0. The molecule has 0 aliphatic carbocycles. The van der Waals surface area contributed by atoms with E-state index in [1.54, 1.807) is 0 Å². The molecule has 41 heavy (non-hydrogen) atoms. The zero-order valence-corrected chi connectivity index (χ0v) is 28.2. The second kappa shape index (κ2) is 26.7. The zero-order valence-electron chi connectivity index (χ0n) is 28.2. The van der Waals surface area contributed by atoms with Gasteiger partial charge in [0, 0.05) is 18.8 Å². The van der Waals surface area contributed by atoms with Crippen LogP contribution in [0.15, 0.2) is 0 Å². The largest absolute Gasteiger partial charge is 0.462 e. The Balaban J connectivity index is 2.34. The Bertz CT molecular complexity index is 613. The summed E-state index contributed by atoms with van der Waals surface area (Å²) in [7, 11) is 2.17. The molecule has 2 unspecified atom stereocenters. The monoisotopic (exact) mass is 578 g/mol. The molecule has 4 nitrogen and oxygen atoms in total. The highest BCUT2D eigenvalue weighted by Gasteiger charge is 2.25. The third kappa shape index (κ3) is 21.4. The van der Waals surface area contributed by atoms with Gasteiger partial charge >= 0.3 is 5.97 Å². The Hall–Kier alpha value is -0.900. The average molecular weight is 578 g/mol. The van der Waals surface area contributed by atoms with E-state index in [4.69, 9.17) is 4.74 Å². The van der Waals surface area contributed by atoms with Crippen LogP contribution in [0.25, 0.3) is 0 Å². The number of unbranched alkanes of at least 4 members (excludes halogenated alkanes) is 14. The molecule has 1 fully saturated rings. The molecule has 1 aliphatic heterocycles. The second-order valence-electron chi connectivity index (χ2n) is 13.4. The van der Waals surface area contributed by atoms with Crippen LogP contribution in [0.4, 0.5) is 0 Å². The number of carbonyl (C=O) groups is 2. The van der Waals surface area contributed by atoms with E-state index < -0.39 is 0 Å². The van der Waals surface area contributed by atoms with E-state index in [1.165, 1.54) is 116 Å². The van der Waals surface area contributed by atoms with Crippen molar-refractivity contribution in [1.29, 1.82) is 0 Å². The average Bonchev–Trinajstić information content (AvgIpc) is 2.96. The fraction of sp³-hybridized carbons (Fsp3) is 0.946. The predicted molar refractivity (Wildman–Crippen MR) is 176 cm³/mol. The molecule has 4 heteroatoms. The molecule has 0 aromatic rings. The number of hydrogen-bond acceptors (Lipinski definition) is 4. The maximum atomic E-state index is 13.1. The lowest BCUT2D eigenvalue weighted by atomic mass is 9.84. The van der Waals surface area contributed by atoms with Crippen molar-refractivity contribution < 1.29 is 14.3 Å². The standard InChI is InChI=1S/C37H71NO3/c1-5-8-11-13-14-15-19-23-33(32-36(39)34-28-30-38(4)31-29-34)24-20-16-17-22-27-37(40)41-35(25-18-10-7-3)26-21-12-9-6-2/h33-35H,5-32H2,1-4H3. The summed E-state index contributed by atoms with van der Waals surface area (Å²) >= 11 is 0. The first-order chi connectivity index (χ1) is 20.0. The topological polar surface area (TPSA) is 46.6 Å². The Morgan fingerprint density at radius 2 is 1.07 bits per heavy atom. The highest BCUT2D eigenvalue weighted by atomic mass is 16.5. The molecule has 1 rings (SSSR count). The Morgan fingerprint density at radius 1 is 0.634 bits per heavy atom. The van der Waals surface area contributed by atoms with E-state index in [-0.39, 0.29) is 12.1 Å². The van der Waals surface area contributed by atoms with Crippen LogP contribution in [0.3, 0.4) is 0 Å². The fourth-order valence-corrected chi connectivity index (χ4v) is 6.50. The van der Waals surface area contributed by atoms with Gasteiger partial charge in [0.15, 0.2) is 0 Å². The summed E-state index contributed by atoms with van der Waals surface area (Å²) in [5, 5.41) is 0. The number of likely N-dealkylation sites (tertiary alicyclic amines) is 1. The first kappa shape index (κ1) is 38.1. The molecule has 242 valence electrons. The van der Waals surface area contributed by atoms with Crippen LogP contribution in [0.5, 0.6) is 0 Å². The first-order valence-electron chi connectivity index (χ1n) is 18.4.